The number of benzene rings is 2. The number of nitrogens with one attached hydrogen (secondary N) is 1. The zero-order chi connectivity index (χ0) is 15.4. The summed E-state index contributed by atoms with van der Waals surface area (Å²) in [4.78, 5) is 0. The van der Waals surface area contributed by atoms with E-state index >= 15 is 0 Å². The molecule has 0 saturated carbocycles. The van der Waals surface area contributed by atoms with E-state index < -0.39 is 0 Å². The highest BCUT2D eigenvalue weighted by atomic mass is 19.1. The molecule has 1 N–H and O–H groups in total. The number of hydrogen-bond donors (Lipinski definition) is 1. The van der Waals surface area contributed by atoms with Crippen LogP contribution in [0.4, 0.5) is 8.78 Å². The maximum atomic E-state index is 13.2. The lowest BCUT2D eigenvalue weighted by atomic mass is 9.98. The van der Waals surface area contributed by atoms with Crippen LogP contribution in [0.3, 0.4) is 0 Å². The van der Waals surface area contributed by atoms with Crippen LogP contribution >= 0.6 is 0 Å². The highest BCUT2D eigenvalue weighted by Gasteiger charge is 2.23. The van der Waals surface area contributed by atoms with Gasteiger partial charge in [0.05, 0.1) is 6.04 Å². The molecular weight excluding hydrogens is 282 g/mol. The molecule has 1 fully saturated rings. The van der Waals surface area contributed by atoms with Crippen molar-refractivity contribution in [3.63, 3.8) is 0 Å². The van der Waals surface area contributed by atoms with Crippen molar-refractivity contribution in [1.82, 2.24) is 10.4 Å². The Bertz CT molecular complexity index is 542. The fourth-order valence-corrected chi connectivity index (χ4v) is 2.95. The molecule has 3 rings (SSSR count). The average Bonchev–Trinajstić information content (AvgIpc) is 2.81. The molecule has 1 saturated heterocycles. The van der Waals surface area contributed by atoms with Gasteiger partial charge in [0, 0.05) is 13.1 Å². The Labute approximate surface area is 129 Å². The fraction of sp³-hybridized carbons (Fsp3) is 0.333. The third kappa shape index (κ3) is 3.51. The van der Waals surface area contributed by atoms with Crippen LogP contribution in [-0.2, 0) is 0 Å². The lowest BCUT2D eigenvalue weighted by molar-refractivity contribution is 0.157. The Morgan fingerprint density at radius 3 is 1.86 bits per heavy atom. The second-order valence-corrected chi connectivity index (χ2v) is 5.67. The first-order chi connectivity index (χ1) is 10.7. The standard InChI is InChI=1S/C18H20F2N2/c19-16-8-4-14(5-9-16)18(15-6-10-17(20)11-7-15)22-13-3-1-2-12-21-22/h4-11,18,21H,1-3,12-13H2. The van der Waals surface area contributed by atoms with E-state index in [9.17, 15) is 8.78 Å². The molecule has 0 bridgehead atoms. The monoisotopic (exact) mass is 302 g/mol. The predicted molar refractivity (Wildman–Crippen MR) is 83.2 cm³/mol. The van der Waals surface area contributed by atoms with Crippen molar-refractivity contribution in [2.24, 2.45) is 0 Å². The number of rotatable bonds is 3. The Morgan fingerprint density at radius 2 is 1.32 bits per heavy atom. The second-order valence-electron chi connectivity index (χ2n) is 5.67. The van der Waals surface area contributed by atoms with Crippen molar-refractivity contribution in [3.8, 4) is 0 Å². The first-order valence-electron chi connectivity index (χ1n) is 7.75. The second kappa shape index (κ2) is 6.99. The molecule has 116 valence electrons. The summed E-state index contributed by atoms with van der Waals surface area (Å²) in [6.45, 7) is 1.85. The molecular formula is C18H20F2N2. The number of halogens is 2. The summed E-state index contributed by atoms with van der Waals surface area (Å²) >= 11 is 0. The Morgan fingerprint density at radius 1 is 0.773 bits per heavy atom. The first-order valence-corrected chi connectivity index (χ1v) is 7.75. The molecule has 2 aromatic carbocycles. The third-order valence-electron chi connectivity index (χ3n) is 4.07. The maximum absolute atomic E-state index is 13.2. The van der Waals surface area contributed by atoms with E-state index in [0.717, 1.165) is 37.1 Å². The van der Waals surface area contributed by atoms with Gasteiger partial charge in [-0.25, -0.2) is 13.8 Å². The molecule has 0 aliphatic carbocycles. The van der Waals surface area contributed by atoms with Crippen molar-refractivity contribution < 1.29 is 8.78 Å². The zero-order valence-corrected chi connectivity index (χ0v) is 12.4. The highest BCUT2D eigenvalue weighted by Crippen LogP contribution is 2.29. The molecule has 0 amide bonds. The van der Waals surface area contributed by atoms with Gasteiger partial charge in [0.1, 0.15) is 11.6 Å². The van der Waals surface area contributed by atoms with Crippen LogP contribution in [0.1, 0.15) is 36.4 Å². The third-order valence-corrected chi connectivity index (χ3v) is 4.07. The van der Waals surface area contributed by atoms with E-state index in [-0.39, 0.29) is 17.7 Å². The highest BCUT2D eigenvalue weighted by molar-refractivity contribution is 5.32. The van der Waals surface area contributed by atoms with E-state index in [1.165, 1.54) is 30.7 Å². The molecule has 2 nitrogen and oxygen atoms in total. The summed E-state index contributed by atoms with van der Waals surface area (Å²) in [7, 11) is 0. The Hall–Kier alpha value is -1.78. The minimum absolute atomic E-state index is 0.0423. The van der Waals surface area contributed by atoms with Gasteiger partial charge in [-0.05, 0) is 48.2 Å². The van der Waals surface area contributed by atoms with Gasteiger partial charge in [-0.2, -0.15) is 0 Å². The molecule has 0 aromatic heterocycles. The van der Waals surface area contributed by atoms with Crippen LogP contribution in [-0.4, -0.2) is 18.1 Å². The molecule has 0 spiro atoms. The van der Waals surface area contributed by atoms with E-state index in [1.807, 2.05) is 0 Å². The van der Waals surface area contributed by atoms with Gasteiger partial charge in [-0.1, -0.05) is 30.7 Å². The van der Waals surface area contributed by atoms with Crippen LogP contribution in [0, 0.1) is 11.6 Å². The van der Waals surface area contributed by atoms with Gasteiger partial charge in [0.15, 0.2) is 0 Å². The minimum atomic E-state index is -0.245. The summed E-state index contributed by atoms with van der Waals surface area (Å²) in [5.74, 6) is -0.490. The van der Waals surface area contributed by atoms with Gasteiger partial charge in [-0.15, -0.1) is 0 Å². The van der Waals surface area contributed by atoms with E-state index in [1.54, 1.807) is 24.3 Å². The van der Waals surface area contributed by atoms with Crippen LogP contribution in [0.2, 0.25) is 0 Å². The largest absolute Gasteiger partial charge is 0.254 e. The lowest BCUT2D eigenvalue weighted by Crippen LogP contribution is -2.41. The fourth-order valence-electron chi connectivity index (χ4n) is 2.95. The quantitative estimate of drug-likeness (QED) is 0.920. The summed E-state index contributed by atoms with van der Waals surface area (Å²) in [5.41, 5.74) is 5.46. The van der Waals surface area contributed by atoms with Gasteiger partial charge in [0.2, 0.25) is 0 Å². The molecule has 1 aliphatic heterocycles. The number of hydrogen-bond acceptors (Lipinski definition) is 2. The van der Waals surface area contributed by atoms with Crippen molar-refractivity contribution in [2.75, 3.05) is 13.1 Å². The van der Waals surface area contributed by atoms with Crippen LogP contribution < -0.4 is 5.43 Å². The molecule has 2 aromatic rings. The zero-order valence-electron chi connectivity index (χ0n) is 12.4. The topological polar surface area (TPSA) is 15.3 Å². The van der Waals surface area contributed by atoms with Crippen molar-refractivity contribution in [1.29, 1.82) is 0 Å². The molecule has 1 heterocycles. The maximum Gasteiger partial charge on any atom is 0.123 e. The summed E-state index contributed by atoms with van der Waals surface area (Å²) in [6, 6.07) is 13.1. The number of hydrazine groups is 1. The van der Waals surface area contributed by atoms with Crippen LogP contribution in [0.5, 0.6) is 0 Å². The smallest absolute Gasteiger partial charge is 0.123 e. The van der Waals surface area contributed by atoms with Crippen molar-refractivity contribution in [3.05, 3.63) is 71.3 Å². The van der Waals surface area contributed by atoms with Gasteiger partial charge >= 0.3 is 0 Å². The summed E-state index contributed by atoms with van der Waals surface area (Å²) in [6.07, 6.45) is 3.46. The normalized spacial score (nSPS) is 16.7. The molecule has 4 heteroatoms. The van der Waals surface area contributed by atoms with E-state index in [2.05, 4.69) is 10.4 Å². The molecule has 1 aliphatic rings. The average molecular weight is 302 g/mol. The van der Waals surface area contributed by atoms with E-state index in [4.69, 9.17) is 0 Å². The van der Waals surface area contributed by atoms with Gasteiger partial charge in [0.25, 0.3) is 0 Å². The molecule has 0 atom stereocenters. The predicted octanol–water partition coefficient (Wildman–Crippen LogP) is 4.04. The van der Waals surface area contributed by atoms with E-state index in [0.29, 0.717) is 0 Å². The SMILES string of the molecule is Fc1ccc(C(c2ccc(F)cc2)N2CCCCCN2)cc1. The van der Waals surface area contributed by atoms with Crippen molar-refractivity contribution in [2.45, 2.75) is 25.3 Å². The summed E-state index contributed by atoms with van der Waals surface area (Å²) in [5, 5.41) is 2.19. The Balaban J connectivity index is 1.96. The van der Waals surface area contributed by atoms with Gasteiger partial charge in [-0.3, -0.25) is 5.43 Å². The minimum Gasteiger partial charge on any atom is -0.254 e. The van der Waals surface area contributed by atoms with Crippen molar-refractivity contribution >= 4 is 0 Å². The van der Waals surface area contributed by atoms with Crippen LogP contribution in [0.25, 0.3) is 0 Å². The first kappa shape index (κ1) is 15.1. The molecule has 0 unspecified atom stereocenters. The molecule has 0 radical (unpaired) electrons. The summed E-state index contributed by atoms with van der Waals surface area (Å²) < 4.78 is 26.5. The number of nitrogens with zero attached hydrogens (tertiary/aromatic N) is 1. The van der Waals surface area contributed by atoms with Crippen LogP contribution in [0.15, 0.2) is 48.5 Å². The Kier molecular flexibility index (Phi) is 4.80. The molecule has 22 heavy (non-hydrogen) atoms. The van der Waals surface area contributed by atoms with Gasteiger partial charge < -0.3 is 0 Å². The lowest BCUT2D eigenvalue weighted by Gasteiger charge is -2.31.